The van der Waals surface area contributed by atoms with E-state index in [2.05, 4.69) is 51.7 Å². The Morgan fingerprint density at radius 1 is 0.724 bits per heavy atom. The molecule has 1 N–H and O–H groups in total. The molecule has 3 aromatic carbocycles. The quantitative estimate of drug-likeness (QED) is 0.344. The molecule has 1 aromatic heterocycles. The molecule has 4 rings (SSSR count). The normalized spacial score (nSPS) is 11.3. The molecular formula is C25H22N4. The van der Waals surface area contributed by atoms with Crippen molar-refractivity contribution < 1.29 is 0 Å². The molecule has 0 spiro atoms. The van der Waals surface area contributed by atoms with E-state index in [0.29, 0.717) is 5.95 Å². The fourth-order valence-corrected chi connectivity index (χ4v) is 3.00. The second-order valence-corrected chi connectivity index (χ2v) is 6.87. The highest BCUT2D eigenvalue weighted by Gasteiger charge is 2.08. The zero-order chi connectivity index (χ0) is 20.1. The molecule has 0 bridgehead atoms. The highest BCUT2D eigenvalue weighted by Crippen LogP contribution is 2.25. The van der Waals surface area contributed by atoms with Gasteiger partial charge >= 0.3 is 0 Å². The monoisotopic (exact) mass is 378 g/mol. The van der Waals surface area contributed by atoms with Gasteiger partial charge in [0.25, 0.3) is 0 Å². The topological polar surface area (TPSA) is 50.2 Å². The molecule has 4 aromatic rings. The lowest BCUT2D eigenvalue weighted by Gasteiger charge is -2.09. The van der Waals surface area contributed by atoms with Gasteiger partial charge in [0.05, 0.1) is 17.1 Å². The Morgan fingerprint density at radius 2 is 1.24 bits per heavy atom. The fraction of sp³-hybridized carbons (Fsp3) is 0.0800. The Labute approximate surface area is 171 Å². The third kappa shape index (κ3) is 4.55. The molecule has 0 radical (unpaired) electrons. The highest BCUT2D eigenvalue weighted by atomic mass is 15.4. The number of nitrogens with zero attached hydrogens (tertiary/aromatic N) is 3. The van der Waals surface area contributed by atoms with Crippen molar-refractivity contribution in [3.05, 3.63) is 102 Å². The SMILES string of the molecule is C/C(=N\Nc1nc(-c2ccccc2)cc(-c2ccccc2)n1)c1ccc(C)cc1. The number of hydrazone groups is 1. The summed E-state index contributed by atoms with van der Waals surface area (Å²) < 4.78 is 0. The molecule has 0 fully saturated rings. The first kappa shape index (κ1) is 18.6. The zero-order valence-electron chi connectivity index (χ0n) is 16.5. The van der Waals surface area contributed by atoms with E-state index in [9.17, 15) is 0 Å². The summed E-state index contributed by atoms with van der Waals surface area (Å²) in [6, 6.07) is 30.5. The van der Waals surface area contributed by atoms with E-state index in [1.807, 2.05) is 73.7 Å². The van der Waals surface area contributed by atoms with Crippen LogP contribution in [-0.2, 0) is 0 Å². The summed E-state index contributed by atoms with van der Waals surface area (Å²) in [5.74, 6) is 0.469. The number of hydrogen-bond acceptors (Lipinski definition) is 4. The van der Waals surface area contributed by atoms with Crippen LogP contribution in [0.4, 0.5) is 5.95 Å². The van der Waals surface area contributed by atoms with E-state index in [4.69, 9.17) is 0 Å². The van der Waals surface area contributed by atoms with Gasteiger partial charge in [-0.15, -0.1) is 0 Å². The van der Waals surface area contributed by atoms with E-state index in [-0.39, 0.29) is 0 Å². The molecular weight excluding hydrogens is 356 g/mol. The number of hydrogen-bond donors (Lipinski definition) is 1. The van der Waals surface area contributed by atoms with Crippen LogP contribution in [0.3, 0.4) is 0 Å². The molecule has 142 valence electrons. The molecule has 0 amide bonds. The van der Waals surface area contributed by atoms with Crippen LogP contribution in [0.5, 0.6) is 0 Å². The van der Waals surface area contributed by atoms with Crippen molar-refractivity contribution >= 4 is 11.7 Å². The Balaban J connectivity index is 1.70. The third-order valence-corrected chi connectivity index (χ3v) is 4.66. The molecule has 0 aliphatic heterocycles. The van der Waals surface area contributed by atoms with Crippen molar-refractivity contribution in [2.45, 2.75) is 13.8 Å². The molecule has 0 unspecified atom stereocenters. The average Bonchev–Trinajstić information content (AvgIpc) is 2.79. The Morgan fingerprint density at radius 3 is 1.76 bits per heavy atom. The highest BCUT2D eigenvalue weighted by molar-refractivity contribution is 5.99. The second-order valence-electron chi connectivity index (χ2n) is 6.87. The summed E-state index contributed by atoms with van der Waals surface area (Å²) in [5.41, 5.74) is 9.98. The van der Waals surface area contributed by atoms with Crippen molar-refractivity contribution in [1.82, 2.24) is 9.97 Å². The summed E-state index contributed by atoms with van der Waals surface area (Å²) in [5, 5.41) is 4.51. The van der Waals surface area contributed by atoms with Crippen LogP contribution in [0.25, 0.3) is 22.5 Å². The minimum absolute atomic E-state index is 0.469. The van der Waals surface area contributed by atoms with E-state index < -0.39 is 0 Å². The molecule has 0 atom stereocenters. The van der Waals surface area contributed by atoms with Gasteiger partial charge in [-0.2, -0.15) is 5.10 Å². The number of benzene rings is 3. The summed E-state index contributed by atoms with van der Waals surface area (Å²) in [7, 11) is 0. The first-order valence-electron chi connectivity index (χ1n) is 9.56. The van der Waals surface area contributed by atoms with Crippen LogP contribution in [-0.4, -0.2) is 15.7 Å². The van der Waals surface area contributed by atoms with E-state index in [1.165, 1.54) is 5.56 Å². The third-order valence-electron chi connectivity index (χ3n) is 4.66. The van der Waals surface area contributed by atoms with Gasteiger partial charge in [0.15, 0.2) is 0 Å². The van der Waals surface area contributed by atoms with Gasteiger partial charge in [0.1, 0.15) is 0 Å². The number of nitrogens with one attached hydrogen (secondary N) is 1. The Bertz CT molecular complexity index is 1060. The van der Waals surface area contributed by atoms with Crippen LogP contribution < -0.4 is 5.43 Å². The standard InChI is InChI=1S/C25H22N4/c1-18-13-15-20(16-14-18)19(2)28-29-25-26-23(21-9-5-3-6-10-21)17-24(27-25)22-11-7-4-8-12-22/h3-17H,1-2H3,(H,26,27,29)/b28-19+. The van der Waals surface area contributed by atoms with Crippen molar-refractivity contribution in [3.63, 3.8) is 0 Å². The van der Waals surface area contributed by atoms with Crippen molar-refractivity contribution in [1.29, 1.82) is 0 Å². The minimum atomic E-state index is 0.469. The molecule has 4 heteroatoms. The van der Waals surface area contributed by atoms with Gasteiger partial charge < -0.3 is 0 Å². The average molecular weight is 378 g/mol. The summed E-state index contributed by atoms with van der Waals surface area (Å²) in [6.07, 6.45) is 0. The molecule has 1 heterocycles. The molecule has 0 saturated carbocycles. The number of aromatic nitrogens is 2. The van der Waals surface area contributed by atoms with Gasteiger partial charge in [-0.05, 0) is 25.5 Å². The van der Waals surface area contributed by atoms with Gasteiger partial charge in [-0.25, -0.2) is 15.4 Å². The van der Waals surface area contributed by atoms with Crippen molar-refractivity contribution in [2.75, 3.05) is 5.43 Å². The van der Waals surface area contributed by atoms with Crippen LogP contribution >= 0.6 is 0 Å². The maximum Gasteiger partial charge on any atom is 0.244 e. The molecule has 0 aliphatic carbocycles. The molecule has 29 heavy (non-hydrogen) atoms. The lowest BCUT2D eigenvalue weighted by molar-refractivity contribution is 1.12. The van der Waals surface area contributed by atoms with Gasteiger partial charge in [-0.3, -0.25) is 0 Å². The predicted molar refractivity (Wildman–Crippen MR) is 120 cm³/mol. The number of anilines is 1. The number of rotatable bonds is 5. The minimum Gasteiger partial charge on any atom is -0.245 e. The molecule has 0 saturated heterocycles. The lowest BCUT2D eigenvalue weighted by atomic mass is 10.1. The van der Waals surface area contributed by atoms with Gasteiger partial charge in [0.2, 0.25) is 5.95 Å². The summed E-state index contributed by atoms with van der Waals surface area (Å²) >= 11 is 0. The number of aryl methyl sites for hydroxylation is 1. The largest absolute Gasteiger partial charge is 0.245 e. The van der Waals surface area contributed by atoms with Gasteiger partial charge in [0, 0.05) is 11.1 Å². The second kappa shape index (κ2) is 8.48. The Hall–Kier alpha value is -3.79. The van der Waals surface area contributed by atoms with Crippen molar-refractivity contribution in [2.24, 2.45) is 5.10 Å². The van der Waals surface area contributed by atoms with E-state index in [1.54, 1.807) is 0 Å². The van der Waals surface area contributed by atoms with Crippen LogP contribution in [0.2, 0.25) is 0 Å². The zero-order valence-corrected chi connectivity index (χ0v) is 16.5. The van der Waals surface area contributed by atoms with Crippen LogP contribution in [0, 0.1) is 6.92 Å². The molecule has 4 nitrogen and oxygen atoms in total. The summed E-state index contributed by atoms with van der Waals surface area (Å²) in [4.78, 5) is 9.36. The maximum atomic E-state index is 4.68. The van der Waals surface area contributed by atoms with Crippen LogP contribution in [0.1, 0.15) is 18.1 Å². The van der Waals surface area contributed by atoms with Crippen LogP contribution in [0.15, 0.2) is 96.1 Å². The summed E-state index contributed by atoms with van der Waals surface area (Å²) in [6.45, 7) is 4.04. The Kier molecular flexibility index (Phi) is 5.43. The van der Waals surface area contributed by atoms with E-state index in [0.717, 1.165) is 33.8 Å². The lowest BCUT2D eigenvalue weighted by Crippen LogP contribution is -2.04. The predicted octanol–water partition coefficient (Wildman–Crippen LogP) is 5.96. The van der Waals surface area contributed by atoms with Gasteiger partial charge in [-0.1, -0.05) is 90.5 Å². The van der Waals surface area contributed by atoms with E-state index >= 15 is 0 Å². The smallest absolute Gasteiger partial charge is 0.244 e. The maximum absolute atomic E-state index is 4.68. The fourth-order valence-electron chi connectivity index (χ4n) is 3.00. The first-order chi connectivity index (χ1) is 14.2. The van der Waals surface area contributed by atoms with Crippen molar-refractivity contribution in [3.8, 4) is 22.5 Å². The first-order valence-corrected chi connectivity index (χ1v) is 9.56. The molecule has 0 aliphatic rings.